The van der Waals surface area contributed by atoms with Crippen molar-refractivity contribution in [2.75, 3.05) is 0 Å². The van der Waals surface area contributed by atoms with Gasteiger partial charge in [-0.3, -0.25) is 0 Å². The summed E-state index contributed by atoms with van der Waals surface area (Å²) in [6, 6.07) is 4.05. The molecule has 0 radical (unpaired) electrons. The molecule has 0 bridgehead atoms. The van der Waals surface area contributed by atoms with E-state index < -0.39 is 12.4 Å². The smallest absolute Gasteiger partial charge is 0.397 e. The Hall–Kier alpha value is -1.32. The molecule has 11 heavy (non-hydrogen) atoms. The molecule has 1 aromatic carbocycles. The van der Waals surface area contributed by atoms with Crippen molar-refractivity contribution in [1.82, 2.24) is 0 Å². The molecule has 0 spiro atoms. The minimum absolute atomic E-state index is 0.109. The number of para-hydroxylation sites is 1. The van der Waals surface area contributed by atoms with Crippen LogP contribution in [0, 0.1) is 5.82 Å². The second-order valence-electron chi connectivity index (χ2n) is 2.08. The van der Waals surface area contributed by atoms with Gasteiger partial charge in [0.2, 0.25) is 5.75 Å². The zero-order valence-corrected chi connectivity index (χ0v) is 5.38. The topological polar surface area (TPSA) is 18.5 Å². The molecule has 0 saturated heterocycles. The third-order valence-electron chi connectivity index (χ3n) is 1.36. The lowest BCUT2D eigenvalue weighted by atomic mass is 10.3. The summed E-state index contributed by atoms with van der Waals surface area (Å²) in [5, 5.41) is 0. The third-order valence-corrected chi connectivity index (χ3v) is 1.36. The average molecular weight is 158 g/mol. The number of fused-ring (bicyclic) bond motifs is 1. The van der Waals surface area contributed by atoms with Crippen LogP contribution in [0.4, 0.5) is 8.78 Å². The molecule has 0 aliphatic carbocycles. The van der Waals surface area contributed by atoms with Gasteiger partial charge in [0.15, 0.2) is 11.6 Å². The van der Waals surface area contributed by atoms with E-state index in [1.54, 1.807) is 0 Å². The molecule has 0 fully saturated rings. The zero-order chi connectivity index (χ0) is 7.84. The van der Waals surface area contributed by atoms with E-state index in [0.717, 1.165) is 0 Å². The van der Waals surface area contributed by atoms with Crippen molar-refractivity contribution in [3.63, 3.8) is 0 Å². The summed E-state index contributed by atoms with van der Waals surface area (Å²) in [6.07, 6.45) is 0. The minimum Gasteiger partial charge on any atom is -0.425 e. The maximum atomic E-state index is 12.7. The standard InChI is InChI=1S/C7H4F2O2/c8-4-2-1-3-5-6(4)11-7(9)10-5/h1-3,7H. The molecular formula is C7H4F2O2. The summed E-state index contributed by atoms with van der Waals surface area (Å²) in [5.74, 6) is -0.653. The van der Waals surface area contributed by atoms with Crippen LogP contribution in [0.25, 0.3) is 0 Å². The first-order chi connectivity index (χ1) is 5.27. The molecule has 1 aliphatic heterocycles. The van der Waals surface area contributed by atoms with Crippen LogP contribution >= 0.6 is 0 Å². The maximum Gasteiger partial charge on any atom is 0.397 e. The lowest BCUT2D eigenvalue weighted by Gasteiger charge is -1.95. The SMILES string of the molecule is Fc1cccc2c1OC(F)O2. The van der Waals surface area contributed by atoms with Crippen molar-refractivity contribution in [2.45, 2.75) is 6.54 Å². The minimum atomic E-state index is -1.87. The van der Waals surface area contributed by atoms with Crippen LogP contribution < -0.4 is 9.47 Å². The van der Waals surface area contributed by atoms with E-state index in [4.69, 9.17) is 0 Å². The van der Waals surface area contributed by atoms with Crippen molar-refractivity contribution in [2.24, 2.45) is 0 Å². The quantitative estimate of drug-likeness (QED) is 0.573. The molecular weight excluding hydrogens is 154 g/mol. The monoisotopic (exact) mass is 158 g/mol. The predicted octanol–water partition coefficient (Wildman–Crippen LogP) is 1.85. The molecule has 0 amide bonds. The van der Waals surface area contributed by atoms with Crippen LogP contribution in [0.2, 0.25) is 0 Å². The molecule has 1 aromatic rings. The van der Waals surface area contributed by atoms with E-state index in [0.29, 0.717) is 0 Å². The second-order valence-corrected chi connectivity index (χ2v) is 2.08. The summed E-state index contributed by atoms with van der Waals surface area (Å²) < 4.78 is 33.8. The summed E-state index contributed by atoms with van der Waals surface area (Å²) in [7, 11) is 0. The van der Waals surface area contributed by atoms with Gasteiger partial charge in [0.05, 0.1) is 0 Å². The highest BCUT2D eigenvalue weighted by Crippen LogP contribution is 2.36. The molecule has 1 unspecified atom stereocenters. The number of halogens is 2. The van der Waals surface area contributed by atoms with Crippen LogP contribution in [0.3, 0.4) is 0 Å². The number of rotatable bonds is 0. The van der Waals surface area contributed by atoms with Crippen LogP contribution in [0.15, 0.2) is 18.2 Å². The highest BCUT2D eigenvalue weighted by Gasteiger charge is 2.25. The third kappa shape index (κ3) is 0.906. The van der Waals surface area contributed by atoms with Gasteiger partial charge in [-0.1, -0.05) is 6.07 Å². The maximum absolute atomic E-state index is 12.7. The first-order valence-corrected chi connectivity index (χ1v) is 3.03. The summed E-state index contributed by atoms with van der Waals surface area (Å²) in [6.45, 7) is -1.87. The molecule has 1 atom stereocenters. The number of hydrogen-bond donors (Lipinski definition) is 0. The van der Waals surface area contributed by atoms with Gasteiger partial charge in [0.1, 0.15) is 0 Å². The molecule has 4 heteroatoms. The summed E-state index contributed by atoms with van der Waals surface area (Å²) in [5.41, 5.74) is 0. The number of benzene rings is 1. The van der Waals surface area contributed by atoms with Gasteiger partial charge in [-0.05, 0) is 12.1 Å². The molecule has 0 aromatic heterocycles. The Kier molecular flexibility index (Phi) is 1.21. The highest BCUT2D eigenvalue weighted by atomic mass is 19.2. The fourth-order valence-corrected chi connectivity index (χ4v) is 0.913. The molecule has 1 heterocycles. The first-order valence-electron chi connectivity index (χ1n) is 3.03. The van der Waals surface area contributed by atoms with Crippen LogP contribution in [-0.2, 0) is 0 Å². The van der Waals surface area contributed by atoms with E-state index >= 15 is 0 Å². The van der Waals surface area contributed by atoms with Gasteiger partial charge in [0.25, 0.3) is 0 Å². The number of ether oxygens (including phenoxy) is 2. The van der Waals surface area contributed by atoms with Crippen molar-refractivity contribution < 1.29 is 18.3 Å². The van der Waals surface area contributed by atoms with E-state index in [1.165, 1.54) is 18.2 Å². The van der Waals surface area contributed by atoms with E-state index in [9.17, 15) is 8.78 Å². The molecule has 2 rings (SSSR count). The molecule has 58 valence electrons. The van der Waals surface area contributed by atoms with E-state index in [2.05, 4.69) is 9.47 Å². The highest BCUT2D eigenvalue weighted by molar-refractivity contribution is 5.42. The Morgan fingerprint density at radius 2 is 2.09 bits per heavy atom. The summed E-state index contributed by atoms with van der Waals surface area (Å²) >= 11 is 0. The van der Waals surface area contributed by atoms with Gasteiger partial charge in [-0.2, -0.15) is 4.39 Å². The van der Waals surface area contributed by atoms with Crippen LogP contribution in [0.1, 0.15) is 0 Å². The second kappa shape index (κ2) is 2.08. The first kappa shape index (κ1) is 6.39. The fourth-order valence-electron chi connectivity index (χ4n) is 0.913. The Balaban J connectivity index is 2.49. The normalized spacial score (nSPS) is 20.4. The number of alkyl halides is 1. The lowest BCUT2D eigenvalue weighted by molar-refractivity contribution is -0.0663. The molecule has 0 saturated carbocycles. The zero-order valence-electron chi connectivity index (χ0n) is 5.38. The Morgan fingerprint density at radius 1 is 1.27 bits per heavy atom. The number of hydrogen-bond acceptors (Lipinski definition) is 2. The van der Waals surface area contributed by atoms with Crippen molar-refractivity contribution in [3.05, 3.63) is 24.0 Å². The summed E-state index contributed by atoms with van der Waals surface area (Å²) in [4.78, 5) is 0. The fraction of sp³-hybridized carbons (Fsp3) is 0.143. The van der Waals surface area contributed by atoms with E-state index in [-0.39, 0.29) is 11.5 Å². The lowest BCUT2D eigenvalue weighted by Crippen LogP contribution is -2.09. The van der Waals surface area contributed by atoms with Crippen molar-refractivity contribution in [1.29, 1.82) is 0 Å². The van der Waals surface area contributed by atoms with Gasteiger partial charge >= 0.3 is 6.54 Å². The Bertz CT molecular complexity index is 288. The van der Waals surface area contributed by atoms with Crippen molar-refractivity contribution in [3.8, 4) is 11.5 Å². The molecule has 2 nitrogen and oxygen atoms in total. The largest absolute Gasteiger partial charge is 0.425 e. The average Bonchev–Trinajstić information content (AvgIpc) is 2.31. The van der Waals surface area contributed by atoms with Crippen LogP contribution in [0.5, 0.6) is 11.5 Å². The van der Waals surface area contributed by atoms with E-state index in [1.807, 2.05) is 0 Å². The Morgan fingerprint density at radius 3 is 2.82 bits per heavy atom. The van der Waals surface area contributed by atoms with Gasteiger partial charge in [0, 0.05) is 0 Å². The predicted molar refractivity (Wildman–Crippen MR) is 32.6 cm³/mol. The molecule has 0 N–H and O–H groups in total. The van der Waals surface area contributed by atoms with Crippen molar-refractivity contribution >= 4 is 0 Å². The van der Waals surface area contributed by atoms with Crippen LogP contribution in [-0.4, -0.2) is 6.54 Å². The van der Waals surface area contributed by atoms with Gasteiger partial charge in [-0.15, -0.1) is 0 Å². The van der Waals surface area contributed by atoms with Gasteiger partial charge in [-0.25, -0.2) is 4.39 Å². The Labute approximate surface area is 61.3 Å². The molecule has 1 aliphatic rings. The van der Waals surface area contributed by atoms with Gasteiger partial charge < -0.3 is 9.47 Å².